The number of carbonyl (C=O) groups excluding carboxylic acids is 1. The van der Waals surface area contributed by atoms with E-state index in [9.17, 15) is 9.59 Å². The highest BCUT2D eigenvalue weighted by Crippen LogP contribution is 2.20. The van der Waals surface area contributed by atoms with Crippen molar-refractivity contribution >= 4 is 5.91 Å². The van der Waals surface area contributed by atoms with E-state index in [0.29, 0.717) is 30.0 Å². The van der Waals surface area contributed by atoms with Crippen molar-refractivity contribution in [1.82, 2.24) is 4.57 Å². The van der Waals surface area contributed by atoms with Gasteiger partial charge in [-0.05, 0) is 6.07 Å². The predicted octanol–water partition coefficient (Wildman–Crippen LogP) is 0.737. The molecule has 6 heteroatoms. The van der Waals surface area contributed by atoms with Gasteiger partial charge < -0.3 is 19.5 Å². The lowest BCUT2D eigenvalue weighted by Gasteiger charge is -2.22. The maximum Gasteiger partial charge on any atom is 0.254 e. The second-order valence-corrected chi connectivity index (χ2v) is 4.32. The van der Waals surface area contributed by atoms with Crippen LogP contribution in [0, 0.1) is 0 Å². The second kappa shape index (κ2) is 4.40. The molecule has 19 heavy (non-hydrogen) atoms. The average molecular weight is 260 g/mol. The minimum absolute atomic E-state index is 0.00148. The molecule has 3 heterocycles. The van der Waals surface area contributed by atoms with Crippen LogP contribution < -0.4 is 11.2 Å². The highest BCUT2D eigenvalue weighted by molar-refractivity contribution is 5.95. The number of primary amides is 1. The molecule has 0 atom stereocenters. The monoisotopic (exact) mass is 260 g/mol. The minimum Gasteiger partial charge on any atom is -0.472 e. The number of pyridine rings is 1. The predicted molar refractivity (Wildman–Crippen MR) is 66.6 cm³/mol. The van der Waals surface area contributed by atoms with Crippen molar-refractivity contribution in [3.05, 3.63) is 46.3 Å². The first-order valence-corrected chi connectivity index (χ1v) is 5.85. The molecule has 0 saturated heterocycles. The summed E-state index contributed by atoms with van der Waals surface area (Å²) in [6, 6.07) is 1.67. The van der Waals surface area contributed by atoms with Crippen molar-refractivity contribution in [1.29, 1.82) is 0 Å². The third kappa shape index (κ3) is 1.86. The minimum atomic E-state index is -0.732. The highest BCUT2D eigenvalue weighted by Gasteiger charge is 2.22. The van der Waals surface area contributed by atoms with E-state index < -0.39 is 5.91 Å². The molecule has 0 saturated carbocycles. The van der Waals surface area contributed by atoms with Gasteiger partial charge in [-0.2, -0.15) is 0 Å². The SMILES string of the molecule is NC(=O)c1c2n(cc(-c3ccoc3)c1=O)CCOC2. The first-order chi connectivity index (χ1) is 9.18. The van der Waals surface area contributed by atoms with Gasteiger partial charge in [0.05, 0.1) is 31.4 Å². The van der Waals surface area contributed by atoms with E-state index in [1.165, 1.54) is 12.5 Å². The van der Waals surface area contributed by atoms with Gasteiger partial charge in [-0.3, -0.25) is 9.59 Å². The van der Waals surface area contributed by atoms with Crippen molar-refractivity contribution in [3.63, 3.8) is 0 Å². The molecule has 0 bridgehead atoms. The van der Waals surface area contributed by atoms with Crippen molar-refractivity contribution in [3.8, 4) is 11.1 Å². The molecule has 1 aliphatic rings. The second-order valence-electron chi connectivity index (χ2n) is 4.32. The number of furan rings is 1. The van der Waals surface area contributed by atoms with E-state index in [1.54, 1.807) is 12.3 Å². The number of hydrogen-bond donors (Lipinski definition) is 1. The Hall–Kier alpha value is -2.34. The van der Waals surface area contributed by atoms with Crippen molar-refractivity contribution in [2.75, 3.05) is 6.61 Å². The normalized spacial score (nSPS) is 14.1. The zero-order valence-electron chi connectivity index (χ0n) is 10.1. The van der Waals surface area contributed by atoms with E-state index in [4.69, 9.17) is 14.9 Å². The first kappa shape index (κ1) is 11.7. The molecular weight excluding hydrogens is 248 g/mol. The standard InChI is InChI=1S/C13H12N2O4/c14-13(17)11-10-7-19-4-2-15(10)5-9(12(11)16)8-1-3-18-6-8/h1,3,5-6H,2,4,7H2,(H2,14,17). The van der Waals surface area contributed by atoms with Crippen LogP contribution in [0.25, 0.3) is 11.1 Å². The molecule has 2 aromatic rings. The number of carbonyl (C=O) groups is 1. The van der Waals surface area contributed by atoms with Crippen molar-refractivity contribution < 1.29 is 13.9 Å². The summed E-state index contributed by atoms with van der Waals surface area (Å²) in [6.45, 7) is 1.35. The van der Waals surface area contributed by atoms with Crippen LogP contribution in [-0.4, -0.2) is 17.1 Å². The molecule has 2 aromatic heterocycles. The molecule has 0 unspecified atom stereocenters. The quantitative estimate of drug-likeness (QED) is 0.862. The molecule has 0 aromatic carbocycles. The molecule has 0 radical (unpaired) electrons. The van der Waals surface area contributed by atoms with Gasteiger partial charge in [-0.15, -0.1) is 0 Å². The first-order valence-electron chi connectivity index (χ1n) is 5.85. The Balaban J connectivity index is 2.31. The van der Waals surface area contributed by atoms with E-state index in [1.807, 2.05) is 4.57 Å². The van der Waals surface area contributed by atoms with Gasteiger partial charge in [-0.1, -0.05) is 0 Å². The van der Waals surface area contributed by atoms with Crippen LogP contribution in [0.2, 0.25) is 0 Å². The third-order valence-electron chi connectivity index (χ3n) is 3.19. The van der Waals surface area contributed by atoms with Crippen molar-refractivity contribution in [2.45, 2.75) is 13.2 Å². The lowest BCUT2D eigenvalue weighted by molar-refractivity contribution is 0.0805. The van der Waals surface area contributed by atoms with E-state index in [-0.39, 0.29) is 17.6 Å². The highest BCUT2D eigenvalue weighted by atomic mass is 16.5. The zero-order chi connectivity index (χ0) is 13.4. The molecule has 6 nitrogen and oxygen atoms in total. The van der Waals surface area contributed by atoms with Crippen LogP contribution in [0.1, 0.15) is 16.1 Å². The Morgan fingerprint density at radius 2 is 2.26 bits per heavy atom. The van der Waals surface area contributed by atoms with E-state index in [0.717, 1.165) is 0 Å². The van der Waals surface area contributed by atoms with Gasteiger partial charge in [0.25, 0.3) is 5.91 Å². The summed E-state index contributed by atoms with van der Waals surface area (Å²) >= 11 is 0. The number of nitrogens with zero attached hydrogens (tertiary/aromatic N) is 1. The molecule has 0 spiro atoms. The Labute approximate surface area is 108 Å². The summed E-state index contributed by atoms with van der Waals surface area (Å²) in [5, 5.41) is 0. The van der Waals surface area contributed by atoms with Crippen LogP contribution in [0.15, 0.2) is 34.0 Å². The molecule has 2 N–H and O–H groups in total. The molecule has 1 amide bonds. The summed E-state index contributed by atoms with van der Waals surface area (Å²) in [6.07, 6.45) is 4.66. The summed E-state index contributed by atoms with van der Waals surface area (Å²) in [7, 11) is 0. The fourth-order valence-corrected chi connectivity index (χ4v) is 2.27. The number of rotatable bonds is 2. The van der Waals surface area contributed by atoms with Gasteiger partial charge in [0.15, 0.2) is 0 Å². The maximum atomic E-state index is 12.4. The van der Waals surface area contributed by atoms with E-state index >= 15 is 0 Å². The molecule has 0 fully saturated rings. The van der Waals surface area contributed by atoms with Gasteiger partial charge in [-0.25, -0.2) is 0 Å². The average Bonchev–Trinajstić information content (AvgIpc) is 2.91. The number of ether oxygens (including phenoxy) is 1. The van der Waals surface area contributed by atoms with Crippen LogP contribution in [0.5, 0.6) is 0 Å². The Bertz CT molecular complexity index is 685. The molecule has 0 aliphatic carbocycles. The number of aromatic nitrogens is 1. The summed E-state index contributed by atoms with van der Waals surface area (Å²) in [5.74, 6) is -0.732. The molecule has 98 valence electrons. The summed E-state index contributed by atoms with van der Waals surface area (Å²) in [4.78, 5) is 23.9. The molecular formula is C13H12N2O4. The third-order valence-corrected chi connectivity index (χ3v) is 3.19. The molecule has 3 rings (SSSR count). The van der Waals surface area contributed by atoms with Gasteiger partial charge in [0, 0.05) is 23.9 Å². The van der Waals surface area contributed by atoms with E-state index in [2.05, 4.69) is 0 Å². The Morgan fingerprint density at radius 3 is 2.95 bits per heavy atom. The molecule has 1 aliphatic heterocycles. The number of hydrogen-bond acceptors (Lipinski definition) is 4. The smallest absolute Gasteiger partial charge is 0.254 e. The summed E-state index contributed by atoms with van der Waals surface area (Å²) < 4.78 is 12.1. The number of fused-ring (bicyclic) bond motifs is 1. The lowest BCUT2D eigenvalue weighted by atomic mass is 10.0. The van der Waals surface area contributed by atoms with Gasteiger partial charge >= 0.3 is 0 Å². The topological polar surface area (TPSA) is 87.5 Å². The zero-order valence-corrected chi connectivity index (χ0v) is 10.1. The van der Waals surface area contributed by atoms with Crippen LogP contribution >= 0.6 is 0 Å². The number of amides is 1. The maximum absolute atomic E-state index is 12.4. The fourth-order valence-electron chi connectivity index (χ4n) is 2.27. The summed E-state index contributed by atoms with van der Waals surface area (Å²) in [5.41, 5.74) is 6.53. The Kier molecular flexibility index (Phi) is 2.72. The Morgan fingerprint density at radius 1 is 1.42 bits per heavy atom. The fraction of sp³-hybridized carbons (Fsp3) is 0.231. The van der Waals surface area contributed by atoms with Gasteiger partial charge in [0.1, 0.15) is 5.56 Å². The van der Waals surface area contributed by atoms with Crippen LogP contribution in [0.3, 0.4) is 0 Å². The largest absolute Gasteiger partial charge is 0.472 e. The van der Waals surface area contributed by atoms with Crippen molar-refractivity contribution in [2.24, 2.45) is 5.73 Å². The van der Waals surface area contributed by atoms with Crippen LogP contribution in [-0.2, 0) is 17.9 Å². The number of nitrogens with two attached hydrogens (primary N) is 1. The lowest BCUT2D eigenvalue weighted by Crippen LogP contribution is -2.31. The van der Waals surface area contributed by atoms with Gasteiger partial charge in [0.2, 0.25) is 5.43 Å². The van der Waals surface area contributed by atoms with Crippen LogP contribution in [0.4, 0.5) is 0 Å².